The molecule has 1 atom stereocenters. The highest BCUT2D eigenvalue weighted by Crippen LogP contribution is 2.35. The molecule has 45 heavy (non-hydrogen) atoms. The second-order valence-electron chi connectivity index (χ2n) is 12.4. The van der Waals surface area contributed by atoms with Gasteiger partial charge in [0.05, 0.1) is 0 Å². The Balaban J connectivity index is 1.21. The number of pyridine rings is 1. The number of Topliss-reactive ketones (excluding diaryl/α,β-unsaturated/α-hetero) is 1. The molecule has 12 heteroatoms. The van der Waals surface area contributed by atoms with E-state index in [1.807, 2.05) is 41.0 Å². The summed E-state index contributed by atoms with van der Waals surface area (Å²) in [6.07, 6.45) is 6.82. The number of rotatable bonds is 7. The van der Waals surface area contributed by atoms with Gasteiger partial charge in [0, 0.05) is 54.7 Å². The fourth-order valence-corrected chi connectivity index (χ4v) is 5.89. The Morgan fingerprint density at radius 3 is 2.49 bits per heavy atom. The number of fused-ring (bicyclic) bond motifs is 1. The molecule has 1 saturated heterocycles. The van der Waals surface area contributed by atoms with Gasteiger partial charge < -0.3 is 25.3 Å². The highest BCUT2D eigenvalue weighted by Gasteiger charge is 2.35. The van der Waals surface area contributed by atoms with Crippen LogP contribution in [-0.2, 0) is 4.74 Å². The Morgan fingerprint density at radius 2 is 1.78 bits per heavy atom. The van der Waals surface area contributed by atoms with Crippen LogP contribution in [0, 0.1) is 0 Å². The summed E-state index contributed by atoms with van der Waals surface area (Å²) in [5.41, 5.74) is 1.67. The molecule has 234 valence electrons. The van der Waals surface area contributed by atoms with E-state index in [1.165, 1.54) is 11.1 Å². The Morgan fingerprint density at radius 1 is 1.00 bits per heavy atom. The third-order valence-electron chi connectivity index (χ3n) is 7.99. The standard InChI is InChI=1S/C33H38N8O4/c1-33(2,3)45-32(44)40-16-15-34-20-26(40)28(42)21-13-14-27(35-18-21)38-31-36-19-22-17-25(30(43)37-23-9-5-4-6-10-23)41(29(22)39-31)24-11-7-8-12-24/h4-6,9-10,13-14,17-19,24,26,34H,7-8,11-12,15-16,20H2,1-3H3,(H,37,43)(H,35,36,38,39). The third kappa shape index (κ3) is 6.80. The number of carbonyl (C=O) groups excluding carboxylic acids is 3. The fourth-order valence-electron chi connectivity index (χ4n) is 5.89. The average Bonchev–Trinajstić information content (AvgIpc) is 3.69. The van der Waals surface area contributed by atoms with Gasteiger partial charge in [0.1, 0.15) is 28.8 Å². The number of anilines is 3. The van der Waals surface area contributed by atoms with Gasteiger partial charge in [0.15, 0.2) is 5.78 Å². The maximum atomic E-state index is 13.4. The molecule has 1 aliphatic carbocycles. The molecule has 1 aliphatic heterocycles. The van der Waals surface area contributed by atoms with Crippen LogP contribution in [0.15, 0.2) is 60.9 Å². The molecule has 6 rings (SSSR count). The maximum absolute atomic E-state index is 13.4. The van der Waals surface area contributed by atoms with Crippen LogP contribution in [0.2, 0.25) is 0 Å². The van der Waals surface area contributed by atoms with Gasteiger partial charge in [-0.3, -0.25) is 14.5 Å². The number of ketones is 1. The zero-order valence-electron chi connectivity index (χ0n) is 25.7. The fraction of sp³-hybridized carbons (Fsp3) is 0.394. The predicted octanol–water partition coefficient (Wildman–Crippen LogP) is 5.33. The first-order chi connectivity index (χ1) is 21.7. The van der Waals surface area contributed by atoms with E-state index in [2.05, 4.69) is 25.9 Å². The van der Waals surface area contributed by atoms with Crippen LogP contribution in [0.4, 0.5) is 22.2 Å². The van der Waals surface area contributed by atoms with E-state index < -0.39 is 17.7 Å². The number of ether oxygens (including phenoxy) is 1. The number of hydrogen-bond acceptors (Lipinski definition) is 9. The van der Waals surface area contributed by atoms with Gasteiger partial charge in [-0.05, 0) is 63.9 Å². The van der Waals surface area contributed by atoms with Gasteiger partial charge in [0.25, 0.3) is 5.91 Å². The summed E-state index contributed by atoms with van der Waals surface area (Å²) < 4.78 is 7.57. The molecule has 4 aromatic rings. The Hall–Kier alpha value is -4.84. The minimum absolute atomic E-state index is 0.166. The maximum Gasteiger partial charge on any atom is 0.411 e. The van der Waals surface area contributed by atoms with E-state index in [9.17, 15) is 14.4 Å². The number of piperazine rings is 1. The van der Waals surface area contributed by atoms with E-state index in [1.54, 1.807) is 39.1 Å². The zero-order chi connectivity index (χ0) is 31.6. The molecule has 1 unspecified atom stereocenters. The molecular formula is C33H38N8O4. The molecule has 1 saturated carbocycles. The topological polar surface area (TPSA) is 143 Å². The van der Waals surface area contributed by atoms with Crippen LogP contribution in [0.25, 0.3) is 11.0 Å². The summed E-state index contributed by atoms with van der Waals surface area (Å²) in [7, 11) is 0. The van der Waals surface area contributed by atoms with Crippen molar-refractivity contribution < 1.29 is 19.1 Å². The zero-order valence-corrected chi connectivity index (χ0v) is 25.7. The van der Waals surface area contributed by atoms with Gasteiger partial charge in [0.2, 0.25) is 5.95 Å². The van der Waals surface area contributed by atoms with Gasteiger partial charge in [-0.1, -0.05) is 31.0 Å². The van der Waals surface area contributed by atoms with Crippen LogP contribution < -0.4 is 16.0 Å². The van der Waals surface area contributed by atoms with Crippen molar-refractivity contribution in [2.75, 3.05) is 30.3 Å². The van der Waals surface area contributed by atoms with Crippen LogP contribution in [0.3, 0.4) is 0 Å². The number of hydrogen-bond donors (Lipinski definition) is 3. The third-order valence-corrected chi connectivity index (χ3v) is 7.99. The number of aromatic nitrogens is 4. The van der Waals surface area contributed by atoms with Crippen molar-refractivity contribution in [1.82, 2.24) is 29.7 Å². The van der Waals surface area contributed by atoms with Crippen molar-refractivity contribution >= 4 is 46.3 Å². The molecule has 0 radical (unpaired) electrons. The number of para-hydroxylation sites is 1. The first-order valence-corrected chi connectivity index (χ1v) is 15.4. The van der Waals surface area contributed by atoms with E-state index in [0.29, 0.717) is 48.3 Å². The summed E-state index contributed by atoms with van der Waals surface area (Å²) in [4.78, 5) is 54.8. The molecule has 2 aliphatic rings. The first-order valence-electron chi connectivity index (χ1n) is 15.4. The number of nitrogens with zero attached hydrogens (tertiary/aromatic N) is 5. The van der Waals surface area contributed by atoms with Crippen molar-refractivity contribution in [2.24, 2.45) is 0 Å². The average molecular weight is 611 g/mol. The van der Waals surface area contributed by atoms with Gasteiger partial charge >= 0.3 is 6.09 Å². The molecule has 4 heterocycles. The summed E-state index contributed by atoms with van der Waals surface area (Å²) in [5, 5.41) is 10.1. The minimum Gasteiger partial charge on any atom is -0.444 e. The highest BCUT2D eigenvalue weighted by atomic mass is 16.6. The lowest BCUT2D eigenvalue weighted by molar-refractivity contribution is 0.0125. The normalized spacial score (nSPS) is 17.3. The van der Waals surface area contributed by atoms with Gasteiger partial charge in [-0.25, -0.2) is 14.8 Å². The Bertz CT molecular complexity index is 1690. The highest BCUT2D eigenvalue weighted by molar-refractivity contribution is 6.06. The monoisotopic (exact) mass is 610 g/mol. The number of carbonyl (C=O) groups is 3. The number of nitrogens with one attached hydrogen (secondary N) is 3. The number of benzene rings is 1. The molecule has 3 N–H and O–H groups in total. The smallest absolute Gasteiger partial charge is 0.411 e. The largest absolute Gasteiger partial charge is 0.444 e. The van der Waals surface area contributed by atoms with Crippen LogP contribution in [0.5, 0.6) is 0 Å². The summed E-state index contributed by atoms with van der Waals surface area (Å²) >= 11 is 0. The second-order valence-corrected chi connectivity index (χ2v) is 12.4. The summed E-state index contributed by atoms with van der Waals surface area (Å²) in [6.45, 7) is 6.68. The molecule has 3 aromatic heterocycles. The van der Waals surface area contributed by atoms with E-state index >= 15 is 0 Å². The van der Waals surface area contributed by atoms with Gasteiger partial charge in [-0.15, -0.1) is 0 Å². The van der Waals surface area contributed by atoms with E-state index in [0.717, 1.165) is 36.8 Å². The molecule has 1 aromatic carbocycles. The SMILES string of the molecule is CC(C)(C)OC(=O)N1CCNCC1C(=O)c1ccc(Nc2ncc3cc(C(=O)Nc4ccccc4)n(C4CCCC4)c3n2)nc1. The van der Waals surface area contributed by atoms with E-state index in [4.69, 9.17) is 9.72 Å². The molecule has 0 spiro atoms. The Labute approximate surface area is 261 Å². The van der Waals surface area contributed by atoms with Crippen molar-refractivity contribution in [3.8, 4) is 0 Å². The minimum atomic E-state index is -0.698. The lowest BCUT2D eigenvalue weighted by Gasteiger charge is -2.36. The molecule has 2 fully saturated rings. The molecule has 12 nitrogen and oxygen atoms in total. The van der Waals surface area contributed by atoms with Crippen molar-refractivity contribution in [1.29, 1.82) is 0 Å². The van der Waals surface area contributed by atoms with Gasteiger partial charge in [-0.2, -0.15) is 4.98 Å². The molecular weight excluding hydrogens is 572 g/mol. The van der Waals surface area contributed by atoms with E-state index in [-0.39, 0.29) is 17.7 Å². The lowest BCUT2D eigenvalue weighted by atomic mass is 10.0. The molecule has 2 amide bonds. The van der Waals surface area contributed by atoms with Crippen LogP contribution in [0.1, 0.15) is 73.3 Å². The first kappa shape index (κ1) is 30.2. The predicted molar refractivity (Wildman–Crippen MR) is 171 cm³/mol. The molecule has 0 bridgehead atoms. The number of amides is 2. The lowest BCUT2D eigenvalue weighted by Crippen LogP contribution is -2.57. The van der Waals surface area contributed by atoms with Crippen LogP contribution >= 0.6 is 0 Å². The quantitative estimate of drug-likeness (QED) is 0.237. The summed E-state index contributed by atoms with van der Waals surface area (Å²) in [5.74, 6) is 0.369. The second kappa shape index (κ2) is 12.6. The van der Waals surface area contributed by atoms with Crippen molar-refractivity contribution in [3.05, 3.63) is 72.2 Å². The van der Waals surface area contributed by atoms with Crippen LogP contribution in [-0.4, -0.2) is 73.5 Å². The van der Waals surface area contributed by atoms with Crippen molar-refractivity contribution in [2.45, 2.75) is 64.1 Å². The Kier molecular flexibility index (Phi) is 8.48. The van der Waals surface area contributed by atoms with Crippen molar-refractivity contribution in [3.63, 3.8) is 0 Å². The summed E-state index contributed by atoms with van der Waals surface area (Å²) in [6, 6.07) is 14.1.